The molecule has 0 unspecified atom stereocenters. The maximum atomic E-state index is 11.2. The highest BCUT2D eigenvalue weighted by Crippen LogP contribution is 2.49. The molecule has 1 fully saturated rings. The lowest BCUT2D eigenvalue weighted by atomic mass is 9.92. The number of nitro benzene ring substituents is 1. The lowest BCUT2D eigenvalue weighted by molar-refractivity contribution is -0.384. The van der Waals surface area contributed by atoms with Crippen molar-refractivity contribution in [2.75, 3.05) is 0 Å². The van der Waals surface area contributed by atoms with E-state index in [4.69, 9.17) is 5.73 Å². The monoisotopic (exact) mass is 220 g/mol. The van der Waals surface area contributed by atoms with Crippen molar-refractivity contribution in [2.24, 2.45) is 5.73 Å². The number of nitro groups is 1. The van der Waals surface area contributed by atoms with Crippen LogP contribution in [0.5, 0.6) is 0 Å². The van der Waals surface area contributed by atoms with Crippen LogP contribution in [-0.2, 0) is 5.41 Å². The summed E-state index contributed by atoms with van der Waals surface area (Å²) in [7, 11) is 0. The third-order valence-electron chi connectivity index (χ3n) is 3.13. The highest BCUT2D eigenvalue weighted by molar-refractivity contribution is 5.95. The van der Waals surface area contributed by atoms with Crippen LogP contribution in [0, 0.1) is 10.1 Å². The van der Waals surface area contributed by atoms with Gasteiger partial charge >= 0.3 is 0 Å². The molecule has 1 saturated carbocycles. The molecule has 1 amide bonds. The molecule has 0 radical (unpaired) electrons. The number of primary amides is 1. The molecule has 2 N–H and O–H groups in total. The average Bonchev–Trinajstić information content (AvgIpc) is 2.96. The van der Waals surface area contributed by atoms with Crippen LogP contribution in [0.25, 0.3) is 0 Å². The summed E-state index contributed by atoms with van der Waals surface area (Å²) < 4.78 is 0. The molecule has 5 heteroatoms. The van der Waals surface area contributed by atoms with Crippen LogP contribution in [0.15, 0.2) is 18.2 Å². The van der Waals surface area contributed by atoms with Gasteiger partial charge in [0, 0.05) is 17.7 Å². The first-order valence-electron chi connectivity index (χ1n) is 5.03. The Bertz CT molecular complexity index is 478. The zero-order valence-corrected chi connectivity index (χ0v) is 8.90. The van der Waals surface area contributed by atoms with Gasteiger partial charge in [0.1, 0.15) is 0 Å². The third kappa shape index (κ3) is 1.64. The summed E-state index contributed by atoms with van der Waals surface area (Å²) in [5, 5.41) is 10.7. The van der Waals surface area contributed by atoms with Gasteiger partial charge < -0.3 is 5.73 Å². The number of hydrogen-bond acceptors (Lipinski definition) is 3. The number of non-ortho nitro benzene ring substituents is 1. The van der Waals surface area contributed by atoms with Crippen molar-refractivity contribution in [3.05, 3.63) is 39.4 Å². The molecule has 1 aromatic carbocycles. The Hall–Kier alpha value is -1.91. The van der Waals surface area contributed by atoms with E-state index in [-0.39, 0.29) is 11.1 Å². The smallest absolute Gasteiger partial charge is 0.269 e. The van der Waals surface area contributed by atoms with Crippen LogP contribution in [0.2, 0.25) is 0 Å². The zero-order chi connectivity index (χ0) is 11.9. The van der Waals surface area contributed by atoms with Crippen molar-refractivity contribution in [1.82, 2.24) is 0 Å². The van der Waals surface area contributed by atoms with E-state index in [9.17, 15) is 14.9 Å². The Labute approximate surface area is 92.4 Å². The Balaban J connectivity index is 2.56. The third-order valence-corrected chi connectivity index (χ3v) is 3.13. The Morgan fingerprint density at radius 2 is 2.12 bits per heavy atom. The van der Waals surface area contributed by atoms with Crippen LogP contribution < -0.4 is 5.73 Å². The van der Waals surface area contributed by atoms with Crippen LogP contribution >= 0.6 is 0 Å². The predicted octanol–water partition coefficient (Wildman–Crippen LogP) is 1.75. The highest BCUT2D eigenvalue weighted by Gasteiger charge is 2.42. The minimum atomic E-state index is -0.530. The second kappa shape index (κ2) is 3.30. The molecule has 0 aromatic heterocycles. The fourth-order valence-corrected chi connectivity index (χ4v) is 1.82. The molecule has 0 saturated heterocycles. The minimum Gasteiger partial charge on any atom is -0.366 e. The molecular weight excluding hydrogens is 208 g/mol. The van der Waals surface area contributed by atoms with Gasteiger partial charge in [0.25, 0.3) is 5.69 Å². The summed E-state index contributed by atoms with van der Waals surface area (Å²) in [6.45, 7) is 1.98. The molecule has 0 bridgehead atoms. The Morgan fingerprint density at radius 1 is 1.50 bits per heavy atom. The summed E-state index contributed by atoms with van der Waals surface area (Å²) in [6, 6.07) is 4.22. The first-order valence-corrected chi connectivity index (χ1v) is 5.03. The van der Waals surface area contributed by atoms with Crippen LogP contribution in [0.1, 0.15) is 35.7 Å². The van der Waals surface area contributed by atoms with Gasteiger partial charge in [-0.15, -0.1) is 0 Å². The standard InChI is InChI=1S/C11H12N2O3/c1-11(4-5-11)9-6-7(13(15)16)2-3-8(9)10(12)14/h2-3,6H,4-5H2,1H3,(H2,12,14). The van der Waals surface area contributed by atoms with Gasteiger partial charge in [-0.3, -0.25) is 14.9 Å². The second-order valence-corrected chi connectivity index (χ2v) is 4.41. The quantitative estimate of drug-likeness (QED) is 0.621. The number of carbonyl (C=O) groups excluding carboxylic acids is 1. The van der Waals surface area contributed by atoms with Crippen molar-refractivity contribution in [1.29, 1.82) is 0 Å². The largest absolute Gasteiger partial charge is 0.366 e. The number of carbonyl (C=O) groups is 1. The molecule has 0 aliphatic heterocycles. The number of amides is 1. The van der Waals surface area contributed by atoms with E-state index in [0.29, 0.717) is 11.1 Å². The van der Waals surface area contributed by atoms with Crippen molar-refractivity contribution in [3.63, 3.8) is 0 Å². The fraction of sp³-hybridized carbons (Fsp3) is 0.364. The predicted molar refractivity (Wildman–Crippen MR) is 58.2 cm³/mol. The molecule has 2 rings (SSSR count). The fourth-order valence-electron chi connectivity index (χ4n) is 1.82. The molecule has 0 heterocycles. The number of nitrogens with two attached hydrogens (primary N) is 1. The molecule has 16 heavy (non-hydrogen) atoms. The van der Waals surface area contributed by atoms with Crippen LogP contribution in [-0.4, -0.2) is 10.8 Å². The molecule has 1 aliphatic rings. The van der Waals surface area contributed by atoms with Crippen molar-refractivity contribution >= 4 is 11.6 Å². The topological polar surface area (TPSA) is 86.2 Å². The average molecular weight is 220 g/mol. The van der Waals surface area contributed by atoms with Gasteiger partial charge in [0.05, 0.1) is 4.92 Å². The molecule has 1 aliphatic carbocycles. The van der Waals surface area contributed by atoms with Crippen LogP contribution in [0.3, 0.4) is 0 Å². The van der Waals surface area contributed by atoms with Crippen molar-refractivity contribution in [2.45, 2.75) is 25.2 Å². The number of hydrogen-bond donors (Lipinski definition) is 1. The summed E-state index contributed by atoms with van der Waals surface area (Å²) >= 11 is 0. The zero-order valence-electron chi connectivity index (χ0n) is 8.90. The van der Waals surface area contributed by atoms with E-state index < -0.39 is 10.8 Å². The van der Waals surface area contributed by atoms with E-state index in [1.807, 2.05) is 6.92 Å². The summed E-state index contributed by atoms with van der Waals surface area (Å²) in [6.07, 6.45) is 1.88. The molecule has 1 aromatic rings. The van der Waals surface area contributed by atoms with E-state index in [1.54, 1.807) is 0 Å². The van der Waals surface area contributed by atoms with Crippen molar-refractivity contribution in [3.8, 4) is 0 Å². The highest BCUT2D eigenvalue weighted by atomic mass is 16.6. The number of rotatable bonds is 3. The maximum absolute atomic E-state index is 11.2. The van der Waals surface area contributed by atoms with E-state index in [1.165, 1.54) is 18.2 Å². The molecule has 84 valence electrons. The van der Waals surface area contributed by atoms with Gasteiger partial charge in [-0.05, 0) is 29.9 Å². The molecule has 0 atom stereocenters. The van der Waals surface area contributed by atoms with Crippen LogP contribution in [0.4, 0.5) is 5.69 Å². The van der Waals surface area contributed by atoms with Gasteiger partial charge in [-0.1, -0.05) is 6.92 Å². The lowest BCUT2D eigenvalue weighted by Crippen LogP contribution is -2.17. The Morgan fingerprint density at radius 3 is 2.56 bits per heavy atom. The van der Waals surface area contributed by atoms with Crippen molar-refractivity contribution < 1.29 is 9.72 Å². The first kappa shape index (κ1) is 10.6. The van der Waals surface area contributed by atoms with E-state index in [0.717, 1.165) is 12.8 Å². The molecular formula is C11H12N2O3. The molecule has 0 spiro atoms. The van der Waals surface area contributed by atoms with Gasteiger partial charge in [0.15, 0.2) is 0 Å². The van der Waals surface area contributed by atoms with E-state index >= 15 is 0 Å². The maximum Gasteiger partial charge on any atom is 0.269 e. The van der Waals surface area contributed by atoms with Gasteiger partial charge in [-0.2, -0.15) is 0 Å². The summed E-state index contributed by atoms with van der Waals surface area (Å²) in [5.41, 5.74) is 6.25. The minimum absolute atomic E-state index is 0.00752. The second-order valence-electron chi connectivity index (χ2n) is 4.41. The van der Waals surface area contributed by atoms with Gasteiger partial charge in [-0.25, -0.2) is 0 Å². The number of benzene rings is 1. The first-order chi connectivity index (χ1) is 7.44. The SMILES string of the molecule is CC1(c2cc([N+](=O)[O-])ccc2C(N)=O)CC1. The van der Waals surface area contributed by atoms with E-state index in [2.05, 4.69) is 0 Å². The normalized spacial score (nSPS) is 16.8. The summed E-state index contributed by atoms with van der Waals surface area (Å²) in [5.74, 6) is -0.530. The lowest BCUT2D eigenvalue weighted by Gasteiger charge is -2.12. The molecule has 5 nitrogen and oxygen atoms in total. The van der Waals surface area contributed by atoms with Gasteiger partial charge in [0.2, 0.25) is 5.91 Å². The summed E-state index contributed by atoms with van der Waals surface area (Å²) in [4.78, 5) is 21.4. The Kier molecular flexibility index (Phi) is 2.18. The number of nitrogens with zero attached hydrogens (tertiary/aromatic N) is 1.